The van der Waals surface area contributed by atoms with Crippen LogP contribution in [0.1, 0.15) is 158 Å². The van der Waals surface area contributed by atoms with E-state index in [1.807, 2.05) is 19.1 Å². The lowest BCUT2D eigenvalue weighted by Crippen LogP contribution is -2.30. The molecular weight excluding hydrogens is 829 g/mol. The molecule has 2 aliphatic heterocycles. The molecule has 8 nitrogen and oxygen atoms in total. The second-order valence-electron chi connectivity index (χ2n) is 23.2. The second kappa shape index (κ2) is 19.7. The van der Waals surface area contributed by atoms with E-state index >= 15 is 0 Å². The fourth-order valence-corrected chi connectivity index (χ4v) is 9.72. The molecule has 0 radical (unpaired) electrons. The molecule has 0 saturated carbocycles. The Labute approximate surface area is 401 Å². The molecule has 2 heterocycles. The van der Waals surface area contributed by atoms with Gasteiger partial charge in [-0.2, -0.15) is 0 Å². The van der Waals surface area contributed by atoms with Gasteiger partial charge in [-0.05, 0) is 90.8 Å². The van der Waals surface area contributed by atoms with Crippen LogP contribution >= 0.6 is 0 Å². The number of benzene rings is 5. The van der Waals surface area contributed by atoms with Crippen molar-refractivity contribution in [2.45, 2.75) is 161 Å². The van der Waals surface area contributed by atoms with Crippen molar-refractivity contribution in [3.8, 4) is 0 Å². The van der Waals surface area contributed by atoms with E-state index in [2.05, 4.69) is 201 Å². The minimum absolute atomic E-state index is 0.0558. The molecule has 4 atom stereocenters. The van der Waals surface area contributed by atoms with Gasteiger partial charge in [-0.15, -0.1) is 0 Å². The first kappa shape index (κ1) is 49.5. The zero-order valence-electron chi connectivity index (χ0n) is 42.4. The van der Waals surface area contributed by atoms with Gasteiger partial charge in [0.15, 0.2) is 0 Å². The number of nitrogens with one attached hydrogen (secondary N) is 4. The second-order valence-corrected chi connectivity index (χ2v) is 23.2. The number of amides is 2. The van der Waals surface area contributed by atoms with E-state index in [4.69, 9.17) is 9.47 Å². The Balaban J connectivity index is 0.975. The first-order valence-electron chi connectivity index (χ1n) is 24.4. The summed E-state index contributed by atoms with van der Waals surface area (Å²) in [4.78, 5) is 27.0. The smallest absolute Gasteiger partial charge is 0.411 e. The molecule has 4 N–H and O–H groups in total. The molecule has 0 bridgehead atoms. The molecule has 356 valence electrons. The van der Waals surface area contributed by atoms with Gasteiger partial charge >= 0.3 is 12.2 Å². The van der Waals surface area contributed by atoms with Crippen LogP contribution in [0.15, 0.2) is 115 Å². The molecule has 5 aromatic rings. The first-order chi connectivity index (χ1) is 31.4. The molecule has 2 fully saturated rings. The lowest BCUT2D eigenvalue weighted by atomic mass is 9.80. The van der Waals surface area contributed by atoms with E-state index in [-0.39, 0.29) is 57.8 Å². The topological polar surface area (TPSA) is 101 Å². The molecule has 5 aromatic carbocycles. The molecule has 0 aliphatic carbocycles. The van der Waals surface area contributed by atoms with Crippen molar-refractivity contribution in [3.05, 3.63) is 165 Å². The summed E-state index contributed by atoms with van der Waals surface area (Å²) < 4.78 is 12.1. The highest BCUT2D eigenvalue weighted by Crippen LogP contribution is 2.38. The monoisotopic (exact) mass is 905 g/mol. The van der Waals surface area contributed by atoms with Gasteiger partial charge in [-0.25, -0.2) is 9.59 Å². The van der Waals surface area contributed by atoms with Crippen molar-refractivity contribution in [1.29, 1.82) is 0 Å². The molecule has 0 unspecified atom stereocenters. The van der Waals surface area contributed by atoms with E-state index < -0.39 is 12.2 Å². The normalized spacial score (nSPS) is 19.1. The lowest BCUT2D eigenvalue weighted by Gasteiger charge is -2.27. The predicted molar refractivity (Wildman–Crippen MR) is 276 cm³/mol. The van der Waals surface area contributed by atoms with Gasteiger partial charge in [0, 0.05) is 61.2 Å². The molecule has 7 rings (SSSR count). The van der Waals surface area contributed by atoms with E-state index in [1.54, 1.807) is 6.07 Å². The van der Waals surface area contributed by atoms with Crippen LogP contribution in [0, 0.1) is 6.92 Å². The number of carbonyl (C=O) groups is 2. The Hall–Kier alpha value is -5.44. The van der Waals surface area contributed by atoms with Crippen molar-refractivity contribution in [1.82, 2.24) is 10.6 Å². The highest BCUT2D eigenvalue weighted by molar-refractivity contribution is 5.91. The SMILES string of the molecule is Cc1c(NC(=O)O[C@H]2CN[C@@H](C(c3ccc(C(C)(C)C)cc3)c3ccc(C(C)(C)C)cc3)C2)cccc1NC(=O)O[C@H]1CN[C@@H](C(c2ccc(C(C)(C)C)cc2)c2ccc(C(C)(C)C)cc2)C1. The van der Waals surface area contributed by atoms with Crippen LogP contribution in [0.25, 0.3) is 0 Å². The van der Waals surface area contributed by atoms with Crippen molar-refractivity contribution in [2.24, 2.45) is 0 Å². The molecule has 2 aliphatic rings. The maximum atomic E-state index is 13.5. The van der Waals surface area contributed by atoms with Crippen molar-refractivity contribution >= 4 is 23.6 Å². The Morgan fingerprint density at radius 2 is 0.731 bits per heavy atom. The minimum Gasteiger partial charge on any atom is -0.445 e. The average Bonchev–Trinajstić information content (AvgIpc) is 3.91. The predicted octanol–water partition coefficient (Wildman–Crippen LogP) is 13.4. The van der Waals surface area contributed by atoms with Gasteiger partial charge in [0.2, 0.25) is 0 Å². The number of hydrogen-bond donors (Lipinski definition) is 4. The van der Waals surface area contributed by atoms with Crippen LogP contribution in [-0.4, -0.2) is 49.6 Å². The van der Waals surface area contributed by atoms with Gasteiger partial charge in [-0.3, -0.25) is 10.6 Å². The molecule has 8 heteroatoms. The zero-order chi connectivity index (χ0) is 48.5. The summed E-state index contributed by atoms with van der Waals surface area (Å²) in [5.41, 5.74) is 12.1. The summed E-state index contributed by atoms with van der Waals surface area (Å²) >= 11 is 0. The molecule has 2 saturated heterocycles. The molecule has 67 heavy (non-hydrogen) atoms. The van der Waals surface area contributed by atoms with Crippen LogP contribution in [0.2, 0.25) is 0 Å². The minimum atomic E-state index is -0.533. The molecule has 0 spiro atoms. The van der Waals surface area contributed by atoms with Crippen LogP contribution in [0.4, 0.5) is 21.0 Å². The summed E-state index contributed by atoms with van der Waals surface area (Å²) in [6.07, 6.45) is -0.375. The fraction of sp³-hybridized carbons (Fsp3) is 0.458. The number of hydrogen-bond acceptors (Lipinski definition) is 6. The van der Waals surface area contributed by atoms with Crippen LogP contribution in [-0.2, 0) is 31.1 Å². The van der Waals surface area contributed by atoms with Crippen LogP contribution < -0.4 is 21.3 Å². The Bertz CT molecular complexity index is 2180. The highest BCUT2D eigenvalue weighted by Gasteiger charge is 2.37. The van der Waals surface area contributed by atoms with E-state index in [9.17, 15) is 9.59 Å². The molecule has 0 aromatic heterocycles. The van der Waals surface area contributed by atoms with Gasteiger partial charge in [0.25, 0.3) is 0 Å². The van der Waals surface area contributed by atoms with Gasteiger partial charge < -0.3 is 20.1 Å². The average molecular weight is 905 g/mol. The first-order valence-corrected chi connectivity index (χ1v) is 24.4. The van der Waals surface area contributed by atoms with Crippen LogP contribution in [0.5, 0.6) is 0 Å². The Morgan fingerprint density at radius 3 is 0.985 bits per heavy atom. The van der Waals surface area contributed by atoms with Gasteiger partial charge in [0.1, 0.15) is 12.2 Å². The lowest BCUT2D eigenvalue weighted by molar-refractivity contribution is 0.118. The van der Waals surface area contributed by atoms with E-state index in [0.717, 1.165) is 0 Å². The Kier molecular flexibility index (Phi) is 14.5. The number of ether oxygens (including phenoxy) is 2. The quantitative estimate of drug-likeness (QED) is 0.111. The number of carbonyl (C=O) groups excluding carboxylic acids is 2. The summed E-state index contributed by atoms with van der Waals surface area (Å²) in [6, 6.07) is 41.5. The van der Waals surface area contributed by atoms with Gasteiger partial charge in [0.05, 0.1) is 0 Å². The zero-order valence-corrected chi connectivity index (χ0v) is 42.4. The highest BCUT2D eigenvalue weighted by atomic mass is 16.6. The fourth-order valence-electron chi connectivity index (χ4n) is 9.72. The van der Waals surface area contributed by atoms with E-state index in [1.165, 1.54) is 44.5 Å². The largest absolute Gasteiger partial charge is 0.445 e. The van der Waals surface area contributed by atoms with Crippen LogP contribution in [0.3, 0.4) is 0 Å². The summed E-state index contributed by atoms with van der Waals surface area (Å²) in [7, 11) is 0. The molecular formula is C59H76N4O4. The molecule has 2 amide bonds. The van der Waals surface area contributed by atoms with E-state index in [0.29, 0.717) is 42.9 Å². The van der Waals surface area contributed by atoms with Crippen molar-refractivity contribution in [3.63, 3.8) is 0 Å². The third kappa shape index (κ3) is 12.2. The summed E-state index contributed by atoms with van der Waals surface area (Å²) in [5, 5.41) is 13.3. The summed E-state index contributed by atoms with van der Waals surface area (Å²) in [6.45, 7) is 29.8. The standard InChI is InChI=1S/C59H76N4O4/c1-37-48(62-54(64)66-46-33-50(60-35-46)52(38-17-25-42(26-18-38)56(2,3)4)39-19-27-43(28-20-39)57(5,6)7)15-14-16-49(37)63-55(65)67-47-34-51(61-36-47)53(40-21-29-44(30-22-40)58(8,9)10)41-23-31-45(32-24-41)59(11,12)13/h14-32,46-47,50-53,60-61H,33-36H2,1-13H3,(H,62,64)(H,63,65)/t46-,47-,50-,51-/m1/s1. The maximum Gasteiger partial charge on any atom is 0.411 e. The summed E-state index contributed by atoms with van der Waals surface area (Å²) in [5.74, 6) is 0.154. The maximum absolute atomic E-state index is 13.5. The Morgan fingerprint density at radius 1 is 0.463 bits per heavy atom. The number of rotatable bonds is 10. The number of anilines is 2. The van der Waals surface area contributed by atoms with Gasteiger partial charge in [-0.1, -0.05) is 186 Å². The third-order valence-electron chi connectivity index (χ3n) is 14.0. The van der Waals surface area contributed by atoms with Crippen molar-refractivity contribution < 1.29 is 19.1 Å². The third-order valence-corrected chi connectivity index (χ3v) is 14.0. The van der Waals surface area contributed by atoms with Crippen molar-refractivity contribution in [2.75, 3.05) is 23.7 Å².